The van der Waals surface area contributed by atoms with Crippen LogP contribution in [0.25, 0.3) is 10.9 Å². The highest BCUT2D eigenvalue weighted by Gasteiger charge is 2.10. The summed E-state index contributed by atoms with van der Waals surface area (Å²) < 4.78 is 0. The van der Waals surface area contributed by atoms with Gasteiger partial charge in [0, 0.05) is 5.39 Å². The Morgan fingerprint density at radius 3 is 2.67 bits per heavy atom. The minimum Gasteiger partial charge on any atom is -0.478 e. The number of benzene rings is 1. The van der Waals surface area contributed by atoms with Gasteiger partial charge in [0.05, 0.1) is 11.1 Å². The normalized spacial score (nSPS) is 9.67. The van der Waals surface area contributed by atoms with Crippen molar-refractivity contribution in [1.82, 2.24) is 4.98 Å². The molecule has 2 aromatic rings. The third-order valence-electron chi connectivity index (χ3n) is 1.91. The van der Waals surface area contributed by atoms with E-state index in [0.29, 0.717) is 5.52 Å². The molecule has 1 aromatic heterocycles. The van der Waals surface area contributed by atoms with E-state index in [1.54, 1.807) is 12.1 Å². The van der Waals surface area contributed by atoms with E-state index in [1.165, 1.54) is 6.07 Å². The Labute approximate surface area is 97.1 Å². The van der Waals surface area contributed by atoms with Gasteiger partial charge in [-0.05, 0) is 12.1 Å². The average molecular weight is 244 g/mol. The molecule has 0 radical (unpaired) electrons. The average Bonchev–Trinajstić information content (AvgIpc) is 2.16. The molecule has 15 heavy (non-hydrogen) atoms. The fourth-order valence-corrected chi connectivity index (χ4v) is 1.47. The van der Waals surface area contributed by atoms with Gasteiger partial charge in [-0.3, -0.25) is 0 Å². The van der Waals surface area contributed by atoms with Crippen LogP contribution in [0.15, 0.2) is 30.3 Å². The van der Waals surface area contributed by atoms with E-state index in [0.717, 1.165) is 5.39 Å². The van der Waals surface area contributed by atoms with Gasteiger partial charge >= 0.3 is 5.97 Å². The van der Waals surface area contributed by atoms with E-state index in [4.69, 9.17) is 16.7 Å². The number of pyridine rings is 1. The minimum atomic E-state index is -1.06. The third-order valence-corrected chi connectivity index (χ3v) is 2.20. The first kappa shape index (κ1) is 11.8. The number of rotatable bonds is 1. The SMILES string of the molecule is Cl.O=C(O)c1cc2ccccc2nc1Cl. The van der Waals surface area contributed by atoms with Gasteiger partial charge in [0.15, 0.2) is 0 Å². The van der Waals surface area contributed by atoms with Crippen LogP contribution in [0.1, 0.15) is 10.4 Å². The van der Waals surface area contributed by atoms with Gasteiger partial charge in [0.2, 0.25) is 0 Å². The molecule has 0 bridgehead atoms. The van der Waals surface area contributed by atoms with Crippen LogP contribution in [-0.2, 0) is 0 Å². The van der Waals surface area contributed by atoms with E-state index in [1.807, 2.05) is 12.1 Å². The molecule has 0 unspecified atom stereocenters. The van der Waals surface area contributed by atoms with Crippen LogP contribution in [0.4, 0.5) is 0 Å². The summed E-state index contributed by atoms with van der Waals surface area (Å²) in [5, 5.41) is 9.60. The monoisotopic (exact) mass is 243 g/mol. The first-order valence-corrected chi connectivity index (χ1v) is 4.35. The molecule has 1 N–H and O–H groups in total. The van der Waals surface area contributed by atoms with Crippen LogP contribution in [0.2, 0.25) is 5.15 Å². The Hall–Kier alpha value is -1.32. The number of aromatic nitrogens is 1. The topological polar surface area (TPSA) is 50.2 Å². The maximum Gasteiger partial charge on any atom is 0.338 e. The molecule has 0 fully saturated rings. The van der Waals surface area contributed by atoms with Gasteiger partial charge in [-0.15, -0.1) is 12.4 Å². The van der Waals surface area contributed by atoms with Crippen molar-refractivity contribution < 1.29 is 9.90 Å². The summed E-state index contributed by atoms with van der Waals surface area (Å²) in [6.07, 6.45) is 0. The molecule has 2 rings (SSSR count). The standard InChI is InChI=1S/C10H6ClNO2.ClH/c11-9-7(10(13)14)5-6-3-1-2-4-8(6)12-9;/h1-5H,(H,13,14);1H. The summed E-state index contributed by atoms with van der Waals surface area (Å²) in [6.45, 7) is 0. The maximum absolute atomic E-state index is 10.7. The highest BCUT2D eigenvalue weighted by atomic mass is 35.5. The van der Waals surface area contributed by atoms with Gasteiger partial charge < -0.3 is 5.11 Å². The molecule has 1 aromatic carbocycles. The van der Waals surface area contributed by atoms with Gasteiger partial charge in [0.25, 0.3) is 0 Å². The van der Waals surface area contributed by atoms with E-state index >= 15 is 0 Å². The number of hydrogen-bond acceptors (Lipinski definition) is 2. The number of fused-ring (bicyclic) bond motifs is 1. The lowest BCUT2D eigenvalue weighted by atomic mass is 10.1. The molecule has 0 saturated carbocycles. The smallest absolute Gasteiger partial charge is 0.338 e. The van der Waals surface area contributed by atoms with E-state index in [9.17, 15) is 4.79 Å². The zero-order valence-electron chi connectivity index (χ0n) is 7.48. The van der Waals surface area contributed by atoms with Gasteiger partial charge in [-0.25, -0.2) is 9.78 Å². The van der Waals surface area contributed by atoms with Crippen molar-refractivity contribution in [2.24, 2.45) is 0 Å². The van der Waals surface area contributed by atoms with Crippen molar-refractivity contribution in [2.45, 2.75) is 0 Å². The van der Waals surface area contributed by atoms with E-state index < -0.39 is 5.97 Å². The van der Waals surface area contributed by atoms with Gasteiger partial charge in [-0.2, -0.15) is 0 Å². The molecule has 0 saturated heterocycles. The zero-order chi connectivity index (χ0) is 10.1. The number of nitrogens with zero attached hydrogens (tertiary/aromatic N) is 1. The molecule has 0 aliphatic heterocycles. The second-order valence-corrected chi connectivity index (χ2v) is 3.18. The Balaban J connectivity index is 0.00000112. The maximum atomic E-state index is 10.7. The summed E-state index contributed by atoms with van der Waals surface area (Å²) >= 11 is 5.71. The van der Waals surface area contributed by atoms with Crippen LogP contribution in [0, 0.1) is 0 Å². The Morgan fingerprint density at radius 2 is 2.00 bits per heavy atom. The molecule has 3 nitrogen and oxygen atoms in total. The van der Waals surface area contributed by atoms with Crippen molar-refractivity contribution in [1.29, 1.82) is 0 Å². The molecular formula is C10H7Cl2NO2. The Kier molecular flexibility index (Phi) is 3.50. The number of carboxylic acids is 1. The van der Waals surface area contributed by atoms with Crippen molar-refractivity contribution in [3.8, 4) is 0 Å². The van der Waals surface area contributed by atoms with Crippen molar-refractivity contribution >= 4 is 40.9 Å². The Morgan fingerprint density at radius 1 is 1.33 bits per heavy atom. The van der Waals surface area contributed by atoms with Crippen LogP contribution in [0.5, 0.6) is 0 Å². The van der Waals surface area contributed by atoms with Gasteiger partial charge in [-0.1, -0.05) is 29.8 Å². The van der Waals surface area contributed by atoms with Crippen LogP contribution >= 0.6 is 24.0 Å². The zero-order valence-corrected chi connectivity index (χ0v) is 9.05. The summed E-state index contributed by atoms with van der Waals surface area (Å²) in [7, 11) is 0. The second-order valence-electron chi connectivity index (χ2n) is 2.82. The Bertz CT molecular complexity index is 514. The largest absolute Gasteiger partial charge is 0.478 e. The first-order chi connectivity index (χ1) is 6.68. The van der Waals surface area contributed by atoms with E-state index in [2.05, 4.69) is 4.98 Å². The van der Waals surface area contributed by atoms with Crippen molar-refractivity contribution in [2.75, 3.05) is 0 Å². The molecule has 0 atom stereocenters. The fourth-order valence-electron chi connectivity index (χ4n) is 1.24. The molecule has 78 valence electrons. The lowest BCUT2D eigenvalue weighted by Gasteiger charge is -2.00. The second kappa shape index (κ2) is 4.47. The quantitative estimate of drug-likeness (QED) is 0.784. The number of carbonyl (C=O) groups is 1. The summed E-state index contributed by atoms with van der Waals surface area (Å²) in [4.78, 5) is 14.7. The molecular weight excluding hydrogens is 237 g/mol. The number of halogens is 2. The number of carboxylic acid groups (broad SMARTS) is 1. The van der Waals surface area contributed by atoms with Crippen molar-refractivity contribution in [3.63, 3.8) is 0 Å². The predicted molar refractivity (Wildman–Crippen MR) is 61.0 cm³/mol. The summed E-state index contributed by atoms with van der Waals surface area (Å²) in [5.41, 5.74) is 0.730. The van der Waals surface area contributed by atoms with Crippen molar-refractivity contribution in [3.05, 3.63) is 41.0 Å². The molecule has 0 aliphatic carbocycles. The lowest BCUT2D eigenvalue weighted by molar-refractivity contribution is 0.0697. The molecule has 0 aliphatic rings. The molecule has 0 amide bonds. The minimum absolute atomic E-state index is 0. The van der Waals surface area contributed by atoms with E-state index in [-0.39, 0.29) is 23.1 Å². The highest BCUT2D eigenvalue weighted by Crippen LogP contribution is 2.19. The van der Waals surface area contributed by atoms with Crippen LogP contribution in [0.3, 0.4) is 0 Å². The third kappa shape index (κ3) is 2.19. The first-order valence-electron chi connectivity index (χ1n) is 3.97. The van der Waals surface area contributed by atoms with Gasteiger partial charge in [0.1, 0.15) is 5.15 Å². The lowest BCUT2D eigenvalue weighted by Crippen LogP contribution is -1.99. The number of aromatic carboxylic acids is 1. The summed E-state index contributed by atoms with van der Waals surface area (Å²) in [5.74, 6) is -1.06. The molecule has 0 spiro atoms. The summed E-state index contributed by atoms with van der Waals surface area (Å²) in [6, 6.07) is 8.75. The molecule has 1 heterocycles. The number of para-hydroxylation sites is 1. The van der Waals surface area contributed by atoms with Crippen LogP contribution in [-0.4, -0.2) is 16.1 Å². The number of hydrogen-bond donors (Lipinski definition) is 1. The fraction of sp³-hybridized carbons (Fsp3) is 0. The predicted octanol–water partition coefficient (Wildman–Crippen LogP) is 3.01. The van der Waals surface area contributed by atoms with Crippen LogP contribution < -0.4 is 0 Å². The highest BCUT2D eigenvalue weighted by molar-refractivity contribution is 6.32. The molecule has 5 heteroatoms.